The zero-order valence-corrected chi connectivity index (χ0v) is 16.4. The quantitative estimate of drug-likeness (QED) is 0.768. The van der Waals surface area contributed by atoms with Crippen LogP contribution < -0.4 is 5.32 Å². The number of benzene rings is 1. The molecule has 0 spiro atoms. The normalized spacial score (nSPS) is 15.4. The Morgan fingerprint density at radius 1 is 1.32 bits per heavy atom. The monoisotopic (exact) mass is 381 g/mol. The van der Waals surface area contributed by atoms with E-state index in [1.165, 1.54) is 4.80 Å². The molecule has 8 heteroatoms. The van der Waals surface area contributed by atoms with Gasteiger partial charge < -0.3 is 10.1 Å². The van der Waals surface area contributed by atoms with Crippen LogP contribution in [0.1, 0.15) is 47.1 Å². The Balaban J connectivity index is 1.66. The lowest BCUT2D eigenvalue weighted by Gasteiger charge is -2.22. The molecule has 1 fully saturated rings. The predicted octanol–water partition coefficient (Wildman–Crippen LogP) is 2.16. The Morgan fingerprint density at radius 3 is 2.64 bits per heavy atom. The maximum atomic E-state index is 12.4. The van der Waals surface area contributed by atoms with Gasteiger partial charge in [-0.25, -0.2) is 4.79 Å². The van der Waals surface area contributed by atoms with E-state index in [2.05, 4.69) is 21.6 Å². The highest BCUT2D eigenvalue weighted by atomic mass is 16.5. The summed E-state index contributed by atoms with van der Waals surface area (Å²) in [4.78, 5) is 25.8. The highest BCUT2D eigenvalue weighted by molar-refractivity contribution is 5.90. The van der Waals surface area contributed by atoms with Crippen molar-refractivity contribution in [3.8, 4) is 11.8 Å². The summed E-state index contributed by atoms with van der Waals surface area (Å²) in [6.07, 6.45) is 1.82. The number of rotatable bonds is 6. The van der Waals surface area contributed by atoms with Crippen LogP contribution >= 0.6 is 0 Å². The van der Waals surface area contributed by atoms with Gasteiger partial charge in [0, 0.05) is 0 Å². The highest BCUT2D eigenvalue weighted by Gasteiger charge is 2.43. The second-order valence-electron chi connectivity index (χ2n) is 7.43. The zero-order valence-electron chi connectivity index (χ0n) is 16.4. The topological polar surface area (TPSA) is 110 Å². The molecule has 146 valence electrons. The fourth-order valence-corrected chi connectivity index (χ4v) is 3.11. The van der Waals surface area contributed by atoms with Crippen molar-refractivity contribution >= 4 is 11.9 Å². The largest absolute Gasteiger partial charge is 0.451 e. The molecule has 3 rings (SSSR count). The molecule has 8 nitrogen and oxygen atoms in total. The van der Waals surface area contributed by atoms with E-state index in [0.717, 1.165) is 29.7 Å². The molecule has 1 heterocycles. The Labute approximate surface area is 163 Å². The second kappa shape index (κ2) is 7.43. The molecular weight excluding hydrogens is 358 g/mol. The number of aromatic nitrogens is 3. The summed E-state index contributed by atoms with van der Waals surface area (Å²) in [6, 6.07) is 7.96. The molecule has 1 aliphatic rings. The SMILES string of the molecule is Cc1ccc(-n2nc(C)c(C(=O)OCC(=O)N[C@@](C)(C#N)C3CC3)n2)c(C)c1. The summed E-state index contributed by atoms with van der Waals surface area (Å²) in [6.45, 7) is 6.80. The van der Waals surface area contributed by atoms with Crippen LogP contribution in [0.3, 0.4) is 0 Å². The Hall–Kier alpha value is -3.21. The first-order valence-corrected chi connectivity index (χ1v) is 9.14. The summed E-state index contributed by atoms with van der Waals surface area (Å²) in [5.41, 5.74) is 2.39. The summed E-state index contributed by atoms with van der Waals surface area (Å²) < 4.78 is 5.08. The molecule has 0 radical (unpaired) electrons. The van der Waals surface area contributed by atoms with Gasteiger partial charge in [0.25, 0.3) is 5.91 Å². The van der Waals surface area contributed by atoms with Gasteiger partial charge >= 0.3 is 5.97 Å². The third-order valence-electron chi connectivity index (χ3n) is 4.90. The van der Waals surface area contributed by atoms with Gasteiger partial charge in [-0.05, 0) is 58.1 Å². The Bertz CT molecular complexity index is 971. The fourth-order valence-electron chi connectivity index (χ4n) is 3.11. The molecule has 1 atom stereocenters. The van der Waals surface area contributed by atoms with Crippen molar-refractivity contribution < 1.29 is 14.3 Å². The third-order valence-corrected chi connectivity index (χ3v) is 4.90. The van der Waals surface area contributed by atoms with Gasteiger partial charge in [0.05, 0.1) is 17.5 Å². The molecule has 2 aromatic rings. The van der Waals surface area contributed by atoms with Crippen molar-refractivity contribution in [2.75, 3.05) is 6.61 Å². The standard InChI is InChI=1S/C20H23N5O3/c1-12-5-8-16(13(2)9-12)25-23-14(3)18(24-25)19(27)28-10-17(26)22-20(4,11-21)15-6-7-15/h5,8-9,15H,6-7,10H2,1-4H3,(H,22,26)/t20-/m0/s1. The average molecular weight is 381 g/mol. The molecule has 0 saturated heterocycles. The van der Waals surface area contributed by atoms with Crippen LogP contribution in [0, 0.1) is 38.0 Å². The van der Waals surface area contributed by atoms with E-state index < -0.39 is 24.0 Å². The lowest BCUT2D eigenvalue weighted by molar-refractivity contribution is -0.125. The Morgan fingerprint density at radius 2 is 2.04 bits per heavy atom. The lowest BCUT2D eigenvalue weighted by atomic mass is 9.98. The van der Waals surface area contributed by atoms with E-state index in [1.807, 2.05) is 32.0 Å². The third kappa shape index (κ3) is 4.03. The number of amides is 1. The molecule has 28 heavy (non-hydrogen) atoms. The van der Waals surface area contributed by atoms with Gasteiger partial charge in [-0.2, -0.15) is 15.2 Å². The smallest absolute Gasteiger partial charge is 0.361 e. The highest BCUT2D eigenvalue weighted by Crippen LogP contribution is 2.39. The molecule has 0 unspecified atom stereocenters. The van der Waals surface area contributed by atoms with Gasteiger partial charge in [-0.15, -0.1) is 5.10 Å². The molecule has 1 aliphatic carbocycles. The molecular formula is C20H23N5O3. The lowest BCUT2D eigenvalue weighted by Crippen LogP contribution is -2.48. The molecule has 1 saturated carbocycles. The first kappa shape index (κ1) is 19.5. The van der Waals surface area contributed by atoms with E-state index in [1.54, 1.807) is 13.8 Å². The number of nitriles is 1. The summed E-state index contributed by atoms with van der Waals surface area (Å²) in [5.74, 6) is -1.09. The molecule has 1 aromatic heterocycles. The first-order chi connectivity index (χ1) is 13.2. The molecule has 0 aliphatic heterocycles. The van der Waals surface area contributed by atoms with E-state index in [-0.39, 0.29) is 11.6 Å². The van der Waals surface area contributed by atoms with E-state index in [0.29, 0.717) is 5.69 Å². The molecule has 1 N–H and O–H groups in total. The van der Waals surface area contributed by atoms with Crippen LogP contribution in [0.15, 0.2) is 18.2 Å². The molecule has 0 bridgehead atoms. The van der Waals surface area contributed by atoms with Crippen LogP contribution in [0.2, 0.25) is 0 Å². The number of ether oxygens (including phenoxy) is 1. The van der Waals surface area contributed by atoms with Crippen LogP contribution in [0.25, 0.3) is 5.69 Å². The number of hydrogen-bond donors (Lipinski definition) is 1. The number of esters is 1. The number of carbonyl (C=O) groups excluding carboxylic acids is 2. The van der Waals surface area contributed by atoms with E-state index in [9.17, 15) is 14.9 Å². The summed E-state index contributed by atoms with van der Waals surface area (Å²) >= 11 is 0. The van der Waals surface area contributed by atoms with Crippen LogP contribution in [-0.2, 0) is 9.53 Å². The number of nitrogens with zero attached hydrogens (tertiary/aromatic N) is 4. The number of carbonyl (C=O) groups is 2. The average Bonchev–Trinajstić information content (AvgIpc) is 3.43. The van der Waals surface area contributed by atoms with Crippen molar-refractivity contribution in [2.45, 2.75) is 46.1 Å². The van der Waals surface area contributed by atoms with Crippen LogP contribution in [0.5, 0.6) is 0 Å². The maximum absolute atomic E-state index is 12.4. The Kier molecular flexibility index (Phi) is 5.18. The van der Waals surface area contributed by atoms with Crippen molar-refractivity contribution in [1.82, 2.24) is 20.3 Å². The minimum atomic E-state index is -0.925. The maximum Gasteiger partial charge on any atom is 0.361 e. The van der Waals surface area contributed by atoms with Crippen LogP contribution in [-0.4, -0.2) is 39.0 Å². The number of nitrogens with one attached hydrogen (secondary N) is 1. The first-order valence-electron chi connectivity index (χ1n) is 9.14. The van der Waals surface area contributed by atoms with Crippen molar-refractivity contribution in [2.24, 2.45) is 5.92 Å². The number of hydrogen-bond acceptors (Lipinski definition) is 6. The van der Waals surface area contributed by atoms with Gasteiger partial charge in [-0.3, -0.25) is 4.79 Å². The minimum absolute atomic E-state index is 0.0537. The minimum Gasteiger partial charge on any atom is -0.451 e. The van der Waals surface area contributed by atoms with Crippen LogP contribution in [0.4, 0.5) is 0 Å². The van der Waals surface area contributed by atoms with Crippen molar-refractivity contribution in [3.63, 3.8) is 0 Å². The zero-order chi connectivity index (χ0) is 20.5. The summed E-state index contributed by atoms with van der Waals surface area (Å²) in [7, 11) is 0. The van der Waals surface area contributed by atoms with Gasteiger partial charge in [0.2, 0.25) is 0 Å². The van der Waals surface area contributed by atoms with E-state index >= 15 is 0 Å². The van der Waals surface area contributed by atoms with Crippen molar-refractivity contribution in [3.05, 3.63) is 40.7 Å². The predicted molar refractivity (Wildman–Crippen MR) is 101 cm³/mol. The van der Waals surface area contributed by atoms with Gasteiger partial charge in [0.1, 0.15) is 5.54 Å². The van der Waals surface area contributed by atoms with Gasteiger partial charge in [-0.1, -0.05) is 17.7 Å². The molecule has 1 aromatic carbocycles. The number of aryl methyl sites for hydroxylation is 3. The van der Waals surface area contributed by atoms with E-state index in [4.69, 9.17) is 4.74 Å². The fraction of sp³-hybridized carbons (Fsp3) is 0.450. The molecule has 1 amide bonds. The van der Waals surface area contributed by atoms with Crippen molar-refractivity contribution in [1.29, 1.82) is 5.26 Å². The second-order valence-corrected chi connectivity index (χ2v) is 7.43. The van der Waals surface area contributed by atoms with Gasteiger partial charge in [0.15, 0.2) is 12.3 Å². The summed E-state index contributed by atoms with van der Waals surface area (Å²) in [5, 5.41) is 20.5.